The normalized spacial score (nSPS) is 22.2. The van der Waals surface area contributed by atoms with E-state index in [2.05, 4.69) is 15.5 Å². The Hall–Kier alpha value is -3.05. The summed E-state index contributed by atoms with van der Waals surface area (Å²) >= 11 is 0. The number of likely N-dealkylation sites (tertiary alicyclic amines) is 1. The number of hydrogen-bond acceptors (Lipinski definition) is 7. The zero-order valence-corrected chi connectivity index (χ0v) is 19.8. The van der Waals surface area contributed by atoms with Gasteiger partial charge in [-0.25, -0.2) is 4.39 Å². The van der Waals surface area contributed by atoms with Crippen LogP contribution in [0.5, 0.6) is 0 Å². The molecule has 0 spiro atoms. The second-order valence-electron chi connectivity index (χ2n) is 9.41. The summed E-state index contributed by atoms with van der Waals surface area (Å²) in [4.78, 5) is 54.9. The minimum absolute atomic E-state index is 0.107. The average Bonchev–Trinajstić information content (AvgIpc) is 2.85. The Bertz CT molecular complexity index is 973. The van der Waals surface area contributed by atoms with E-state index in [0.717, 1.165) is 25.9 Å². The van der Waals surface area contributed by atoms with Gasteiger partial charge in [-0.2, -0.15) is 0 Å². The van der Waals surface area contributed by atoms with Gasteiger partial charge >= 0.3 is 0 Å². The predicted molar refractivity (Wildman–Crippen MR) is 127 cm³/mol. The van der Waals surface area contributed by atoms with Gasteiger partial charge in [-0.05, 0) is 31.4 Å². The lowest BCUT2D eigenvalue weighted by Crippen LogP contribution is -2.52. The molecule has 3 aliphatic heterocycles. The van der Waals surface area contributed by atoms with Gasteiger partial charge in [-0.3, -0.25) is 29.4 Å². The number of nitrogens with two attached hydrogens (primary N) is 1. The lowest BCUT2D eigenvalue weighted by atomic mass is 10.0. The van der Waals surface area contributed by atoms with Crippen LogP contribution in [0.1, 0.15) is 42.5 Å². The highest BCUT2D eigenvalue weighted by Gasteiger charge is 2.31. The van der Waals surface area contributed by atoms with Crippen LogP contribution in [0.15, 0.2) is 18.2 Å². The fourth-order valence-corrected chi connectivity index (χ4v) is 4.84. The third-order valence-electron chi connectivity index (χ3n) is 7.01. The zero-order valence-electron chi connectivity index (χ0n) is 19.8. The number of rotatable bonds is 6. The molecule has 4 amide bonds. The number of halogens is 1. The molecule has 0 aliphatic carbocycles. The molecule has 3 heterocycles. The standard InChI is InChI=1S/C24H33FN6O4/c25-17-2-1-3-19(22(17)24(35)27-18-4-5-20(32)28-23(18)34)30-14-12-29(13-15-30)9-8-21(33)31-10-6-16(26)7-11-31/h1-3,16,18H,4-15,26H2,(H,27,35)(H,28,32,34). The Morgan fingerprint density at radius 1 is 1.06 bits per heavy atom. The summed E-state index contributed by atoms with van der Waals surface area (Å²) in [5.74, 6) is -2.16. The number of nitrogens with zero attached hydrogens (tertiary/aromatic N) is 3. The molecule has 190 valence electrons. The van der Waals surface area contributed by atoms with Crippen molar-refractivity contribution < 1.29 is 23.6 Å². The van der Waals surface area contributed by atoms with Crippen molar-refractivity contribution in [3.05, 3.63) is 29.6 Å². The van der Waals surface area contributed by atoms with Crippen molar-refractivity contribution >= 4 is 29.3 Å². The summed E-state index contributed by atoms with van der Waals surface area (Å²) in [6, 6.07) is 3.79. The number of imide groups is 1. The third kappa shape index (κ3) is 6.15. The Balaban J connectivity index is 1.32. The maximum absolute atomic E-state index is 14.8. The predicted octanol–water partition coefficient (Wildman–Crippen LogP) is -0.177. The number of anilines is 1. The number of carbonyl (C=O) groups excluding carboxylic acids is 4. The van der Waals surface area contributed by atoms with Gasteiger partial charge in [0, 0.05) is 64.7 Å². The molecule has 3 saturated heterocycles. The fourth-order valence-electron chi connectivity index (χ4n) is 4.84. The third-order valence-corrected chi connectivity index (χ3v) is 7.01. The quantitative estimate of drug-likeness (QED) is 0.474. The molecular formula is C24H33FN6O4. The smallest absolute Gasteiger partial charge is 0.257 e. The van der Waals surface area contributed by atoms with Crippen LogP contribution in [0, 0.1) is 5.82 Å². The summed E-state index contributed by atoms with van der Waals surface area (Å²) in [6.07, 6.45) is 2.45. The van der Waals surface area contributed by atoms with Crippen molar-refractivity contribution in [2.75, 3.05) is 50.7 Å². The fraction of sp³-hybridized carbons (Fsp3) is 0.583. The minimum atomic E-state index is -0.877. The van der Waals surface area contributed by atoms with E-state index in [-0.39, 0.29) is 36.3 Å². The van der Waals surface area contributed by atoms with E-state index < -0.39 is 23.7 Å². The van der Waals surface area contributed by atoms with Gasteiger partial charge in [-0.1, -0.05) is 6.07 Å². The molecule has 0 aromatic heterocycles. The Kier molecular flexibility index (Phi) is 7.97. The van der Waals surface area contributed by atoms with Crippen LogP contribution in [0.2, 0.25) is 0 Å². The number of piperidine rings is 2. The van der Waals surface area contributed by atoms with Crippen molar-refractivity contribution in [2.45, 2.75) is 44.2 Å². The van der Waals surface area contributed by atoms with Gasteiger partial charge in [-0.15, -0.1) is 0 Å². The van der Waals surface area contributed by atoms with Gasteiger partial charge in [0.25, 0.3) is 5.91 Å². The Morgan fingerprint density at radius 2 is 1.77 bits per heavy atom. The Labute approximate surface area is 204 Å². The highest BCUT2D eigenvalue weighted by Crippen LogP contribution is 2.25. The molecule has 4 N–H and O–H groups in total. The van der Waals surface area contributed by atoms with Crippen molar-refractivity contribution in [2.24, 2.45) is 5.73 Å². The van der Waals surface area contributed by atoms with Gasteiger partial charge in [0.2, 0.25) is 17.7 Å². The van der Waals surface area contributed by atoms with E-state index in [1.165, 1.54) is 6.07 Å². The van der Waals surface area contributed by atoms with E-state index in [1.54, 1.807) is 12.1 Å². The minimum Gasteiger partial charge on any atom is -0.368 e. The van der Waals surface area contributed by atoms with E-state index in [1.807, 2.05) is 9.80 Å². The van der Waals surface area contributed by atoms with Crippen LogP contribution in [0.4, 0.5) is 10.1 Å². The summed E-state index contributed by atoms with van der Waals surface area (Å²) in [5, 5.41) is 4.76. The van der Waals surface area contributed by atoms with Crippen molar-refractivity contribution in [1.29, 1.82) is 0 Å². The molecule has 1 atom stereocenters. The molecule has 1 aromatic rings. The molecule has 0 saturated carbocycles. The highest BCUT2D eigenvalue weighted by atomic mass is 19.1. The van der Waals surface area contributed by atoms with Crippen LogP contribution < -0.4 is 21.3 Å². The second-order valence-corrected chi connectivity index (χ2v) is 9.41. The molecule has 3 fully saturated rings. The van der Waals surface area contributed by atoms with Crippen molar-refractivity contribution in [1.82, 2.24) is 20.4 Å². The lowest BCUT2D eigenvalue weighted by molar-refractivity contribution is -0.135. The topological polar surface area (TPSA) is 128 Å². The molecule has 3 aliphatic rings. The van der Waals surface area contributed by atoms with E-state index in [0.29, 0.717) is 44.8 Å². The summed E-state index contributed by atoms with van der Waals surface area (Å²) in [6.45, 7) is 4.62. The van der Waals surface area contributed by atoms with Crippen LogP contribution in [0.3, 0.4) is 0 Å². The molecule has 4 rings (SSSR count). The van der Waals surface area contributed by atoms with Gasteiger partial charge in [0.05, 0.1) is 11.3 Å². The lowest BCUT2D eigenvalue weighted by Gasteiger charge is -2.37. The first kappa shape index (κ1) is 25.1. The largest absolute Gasteiger partial charge is 0.368 e. The molecule has 0 bridgehead atoms. The number of nitrogens with one attached hydrogen (secondary N) is 2. The summed E-state index contributed by atoms with van der Waals surface area (Å²) < 4.78 is 14.8. The number of piperazine rings is 1. The molecule has 0 radical (unpaired) electrons. The van der Waals surface area contributed by atoms with Gasteiger partial charge < -0.3 is 20.9 Å². The molecule has 1 aromatic carbocycles. The van der Waals surface area contributed by atoms with E-state index in [9.17, 15) is 23.6 Å². The SMILES string of the molecule is NC1CCN(C(=O)CCN2CCN(c3cccc(F)c3C(=O)NC3CCC(=O)NC3=O)CC2)CC1. The highest BCUT2D eigenvalue weighted by molar-refractivity contribution is 6.05. The number of hydrogen-bond donors (Lipinski definition) is 3. The monoisotopic (exact) mass is 488 g/mol. The Morgan fingerprint density at radius 3 is 2.46 bits per heavy atom. The van der Waals surface area contributed by atoms with Gasteiger partial charge in [0.15, 0.2) is 0 Å². The molecule has 11 heteroatoms. The molecule has 10 nitrogen and oxygen atoms in total. The van der Waals surface area contributed by atoms with E-state index in [4.69, 9.17) is 5.73 Å². The van der Waals surface area contributed by atoms with Crippen LogP contribution >= 0.6 is 0 Å². The van der Waals surface area contributed by atoms with E-state index >= 15 is 0 Å². The summed E-state index contributed by atoms with van der Waals surface area (Å²) in [7, 11) is 0. The average molecular weight is 489 g/mol. The number of benzene rings is 1. The first-order valence-corrected chi connectivity index (χ1v) is 12.3. The first-order chi connectivity index (χ1) is 16.8. The maximum Gasteiger partial charge on any atom is 0.257 e. The van der Waals surface area contributed by atoms with Crippen LogP contribution in [-0.2, 0) is 14.4 Å². The molecule has 1 unspecified atom stereocenters. The van der Waals surface area contributed by atoms with Gasteiger partial charge in [0.1, 0.15) is 11.9 Å². The van der Waals surface area contributed by atoms with Crippen LogP contribution in [0.25, 0.3) is 0 Å². The molecule has 35 heavy (non-hydrogen) atoms. The van der Waals surface area contributed by atoms with Crippen molar-refractivity contribution in [3.63, 3.8) is 0 Å². The van der Waals surface area contributed by atoms with Crippen LogP contribution in [-0.4, -0.2) is 91.3 Å². The molecular weight excluding hydrogens is 455 g/mol. The number of amides is 4. The maximum atomic E-state index is 14.8. The number of carbonyl (C=O) groups is 4. The second kappa shape index (κ2) is 11.1. The first-order valence-electron chi connectivity index (χ1n) is 12.3. The zero-order chi connectivity index (χ0) is 24.9. The van der Waals surface area contributed by atoms with Crippen molar-refractivity contribution in [3.8, 4) is 0 Å². The summed E-state index contributed by atoms with van der Waals surface area (Å²) in [5.41, 5.74) is 6.28.